The summed E-state index contributed by atoms with van der Waals surface area (Å²) < 4.78 is 14.2. The van der Waals surface area contributed by atoms with Gasteiger partial charge in [0.1, 0.15) is 5.82 Å². The smallest absolute Gasteiger partial charge is 0.245 e. The van der Waals surface area contributed by atoms with Crippen molar-refractivity contribution in [3.63, 3.8) is 0 Å². The number of benzene rings is 1. The van der Waals surface area contributed by atoms with Gasteiger partial charge in [-0.05, 0) is 23.6 Å². The number of aromatic nitrogens is 3. The molecule has 0 bridgehead atoms. The molecule has 2 N–H and O–H groups in total. The van der Waals surface area contributed by atoms with E-state index in [1.807, 2.05) is 6.07 Å². The Morgan fingerprint density at radius 3 is 2.90 bits per heavy atom. The van der Waals surface area contributed by atoms with Crippen LogP contribution in [0.4, 0.5) is 10.3 Å². The van der Waals surface area contributed by atoms with Gasteiger partial charge in [0.15, 0.2) is 5.82 Å². The summed E-state index contributed by atoms with van der Waals surface area (Å²) in [6.45, 7) is 3.72. The highest BCUT2D eigenvalue weighted by Crippen LogP contribution is 2.32. The Morgan fingerprint density at radius 1 is 1.19 bits per heavy atom. The Bertz CT molecular complexity index is 775. The van der Waals surface area contributed by atoms with Gasteiger partial charge in [-0.15, -0.1) is 16.4 Å². The highest BCUT2D eigenvalue weighted by atomic mass is 32.1. The first-order valence-corrected chi connectivity index (χ1v) is 7.69. The molecule has 0 radical (unpaired) electrons. The van der Waals surface area contributed by atoms with Crippen molar-refractivity contribution in [2.24, 2.45) is 0 Å². The fourth-order valence-electron chi connectivity index (χ4n) is 2.49. The van der Waals surface area contributed by atoms with Crippen LogP contribution in [0.5, 0.6) is 0 Å². The lowest BCUT2D eigenvalue weighted by molar-refractivity contribution is 0.580. The predicted molar refractivity (Wildman–Crippen MR) is 82.2 cm³/mol. The zero-order valence-electron chi connectivity index (χ0n) is 11.3. The molecule has 2 aromatic heterocycles. The van der Waals surface area contributed by atoms with E-state index >= 15 is 0 Å². The summed E-state index contributed by atoms with van der Waals surface area (Å²) in [5.41, 5.74) is 0. The van der Waals surface area contributed by atoms with E-state index in [-0.39, 0.29) is 5.82 Å². The lowest BCUT2D eigenvalue weighted by atomic mass is 10.2. The molecule has 0 amide bonds. The van der Waals surface area contributed by atoms with Crippen LogP contribution in [0.2, 0.25) is 0 Å². The van der Waals surface area contributed by atoms with Crippen molar-refractivity contribution in [3.8, 4) is 10.7 Å². The second kappa shape index (κ2) is 5.09. The van der Waals surface area contributed by atoms with Crippen LogP contribution in [-0.2, 0) is 0 Å². The highest BCUT2D eigenvalue weighted by molar-refractivity contribution is 7.22. The minimum absolute atomic E-state index is 0.213. The largest absolute Gasteiger partial charge is 0.337 e. The van der Waals surface area contributed by atoms with Gasteiger partial charge >= 0.3 is 0 Å². The molecular formula is C14H14FN5S. The molecule has 0 atom stereocenters. The van der Waals surface area contributed by atoms with Gasteiger partial charge in [0.25, 0.3) is 0 Å². The van der Waals surface area contributed by atoms with E-state index < -0.39 is 0 Å². The van der Waals surface area contributed by atoms with Gasteiger partial charge in [-0.1, -0.05) is 6.07 Å². The second-order valence-electron chi connectivity index (χ2n) is 5.01. The maximum absolute atomic E-state index is 13.3. The summed E-state index contributed by atoms with van der Waals surface area (Å²) in [6, 6.07) is 6.84. The fourth-order valence-corrected chi connectivity index (χ4v) is 3.52. The number of hydrogen-bond acceptors (Lipinski definition) is 5. The third kappa shape index (κ3) is 2.38. The molecule has 1 aliphatic heterocycles. The van der Waals surface area contributed by atoms with Crippen molar-refractivity contribution < 1.29 is 4.39 Å². The van der Waals surface area contributed by atoms with Gasteiger partial charge in [0.2, 0.25) is 5.95 Å². The van der Waals surface area contributed by atoms with Crippen molar-refractivity contribution in [1.29, 1.82) is 0 Å². The number of nitrogens with one attached hydrogen (secondary N) is 2. The third-order valence-electron chi connectivity index (χ3n) is 3.59. The molecule has 1 aliphatic rings. The summed E-state index contributed by atoms with van der Waals surface area (Å²) in [7, 11) is 0. The van der Waals surface area contributed by atoms with Crippen LogP contribution in [0.25, 0.3) is 20.8 Å². The SMILES string of the molecule is Fc1ccc2cc(-c3nc(N4CCNCC4)n[nH]3)sc2c1. The van der Waals surface area contributed by atoms with E-state index in [4.69, 9.17) is 0 Å². The Kier molecular flexibility index (Phi) is 3.08. The Morgan fingerprint density at radius 2 is 2.05 bits per heavy atom. The van der Waals surface area contributed by atoms with Crippen molar-refractivity contribution in [1.82, 2.24) is 20.5 Å². The molecule has 0 spiro atoms. The van der Waals surface area contributed by atoms with E-state index in [1.54, 1.807) is 12.1 Å². The van der Waals surface area contributed by atoms with E-state index in [0.717, 1.165) is 52.9 Å². The van der Waals surface area contributed by atoms with Gasteiger partial charge < -0.3 is 10.2 Å². The molecule has 1 saturated heterocycles. The Balaban J connectivity index is 1.67. The van der Waals surface area contributed by atoms with Crippen molar-refractivity contribution in [2.75, 3.05) is 31.1 Å². The average molecular weight is 303 g/mol. The molecule has 3 aromatic rings. The quantitative estimate of drug-likeness (QED) is 0.762. The van der Waals surface area contributed by atoms with Gasteiger partial charge in [-0.3, -0.25) is 5.10 Å². The molecular weight excluding hydrogens is 289 g/mol. The molecule has 0 aliphatic carbocycles. The molecule has 0 saturated carbocycles. The third-order valence-corrected chi connectivity index (χ3v) is 4.69. The molecule has 1 aromatic carbocycles. The second-order valence-corrected chi connectivity index (χ2v) is 6.10. The van der Waals surface area contributed by atoms with Gasteiger partial charge in [0, 0.05) is 30.9 Å². The molecule has 0 unspecified atom stereocenters. The van der Waals surface area contributed by atoms with E-state index in [0.29, 0.717) is 0 Å². The molecule has 3 heterocycles. The highest BCUT2D eigenvalue weighted by Gasteiger charge is 2.16. The summed E-state index contributed by atoms with van der Waals surface area (Å²) in [5, 5.41) is 11.6. The lowest BCUT2D eigenvalue weighted by Crippen LogP contribution is -2.44. The van der Waals surface area contributed by atoms with Crippen LogP contribution >= 0.6 is 11.3 Å². The molecule has 108 valence electrons. The van der Waals surface area contributed by atoms with Crippen LogP contribution in [0, 0.1) is 5.82 Å². The number of fused-ring (bicyclic) bond motifs is 1. The number of aromatic amines is 1. The minimum Gasteiger partial charge on any atom is -0.337 e. The number of rotatable bonds is 2. The molecule has 4 rings (SSSR count). The number of halogens is 1. The first kappa shape index (κ1) is 12.7. The Labute approximate surface area is 124 Å². The summed E-state index contributed by atoms with van der Waals surface area (Å²) >= 11 is 1.52. The van der Waals surface area contributed by atoms with Crippen molar-refractivity contribution in [3.05, 3.63) is 30.1 Å². The van der Waals surface area contributed by atoms with Crippen LogP contribution in [-0.4, -0.2) is 41.4 Å². The normalized spacial score (nSPS) is 15.8. The molecule has 21 heavy (non-hydrogen) atoms. The summed E-state index contributed by atoms with van der Waals surface area (Å²) in [6.07, 6.45) is 0. The number of hydrogen-bond donors (Lipinski definition) is 2. The van der Waals surface area contributed by atoms with Crippen molar-refractivity contribution in [2.45, 2.75) is 0 Å². The fraction of sp³-hybridized carbons (Fsp3) is 0.286. The standard InChI is InChI=1S/C14H14FN5S/c15-10-2-1-9-7-12(21-11(9)8-10)13-17-14(19-18-13)20-5-3-16-4-6-20/h1-2,7-8,16H,3-6H2,(H,17,18,19). The molecule has 7 heteroatoms. The van der Waals surface area contributed by atoms with E-state index in [1.165, 1.54) is 17.4 Å². The first-order valence-electron chi connectivity index (χ1n) is 6.87. The number of nitrogens with zero attached hydrogens (tertiary/aromatic N) is 3. The summed E-state index contributed by atoms with van der Waals surface area (Å²) in [5.74, 6) is 1.26. The Hall–Kier alpha value is -1.99. The number of piperazine rings is 1. The zero-order chi connectivity index (χ0) is 14.2. The van der Waals surface area contributed by atoms with Gasteiger partial charge in [-0.2, -0.15) is 4.98 Å². The van der Waals surface area contributed by atoms with Crippen molar-refractivity contribution >= 4 is 27.4 Å². The maximum atomic E-state index is 13.3. The van der Waals surface area contributed by atoms with Crippen LogP contribution in [0.15, 0.2) is 24.3 Å². The monoisotopic (exact) mass is 303 g/mol. The number of anilines is 1. The van der Waals surface area contributed by atoms with Gasteiger partial charge in [-0.25, -0.2) is 4.39 Å². The van der Waals surface area contributed by atoms with E-state index in [2.05, 4.69) is 25.4 Å². The first-order chi connectivity index (χ1) is 10.3. The topological polar surface area (TPSA) is 56.8 Å². The minimum atomic E-state index is -0.213. The molecule has 5 nitrogen and oxygen atoms in total. The molecule has 1 fully saturated rings. The average Bonchev–Trinajstić information content (AvgIpc) is 3.14. The summed E-state index contributed by atoms with van der Waals surface area (Å²) in [4.78, 5) is 7.70. The zero-order valence-corrected chi connectivity index (χ0v) is 12.1. The van der Waals surface area contributed by atoms with Crippen LogP contribution in [0.3, 0.4) is 0 Å². The maximum Gasteiger partial charge on any atom is 0.245 e. The van der Waals surface area contributed by atoms with E-state index in [9.17, 15) is 4.39 Å². The van der Waals surface area contributed by atoms with Gasteiger partial charge in [0.05, 0.1) is 4.88 Å². The van der Waals surface area contributed by atoms with Crippen LogP contribution < -0.4 is 10.2 Å². The number of thiophene rings is 1. The van der Waals surface area contributed by atoms with Crippen LogP contribution in [0.1, 0.15) is 0 Å². The predicted octanol–water partition coefficient (Wildman–Crippen LogP) is 2.24. The number of H-pyrrole nitrogens is 1. The lowest BCUT2D eigenvalue weighted by Gasteiger charge is -2.25.